The number of aromatic nitrogens is 1. The fraction of sp³-hybridized carbons (Fsp3) is 0.438. The number of nitrogens with zero attached hydrogens (tertiary/aromatic N) is 2. The van der Waals surface area contributed by atoms with Gasteiger partial charge in [-0.05, 0) is 36.6 Å². The molecule has 1 fully saturated rings. The van der Waals surface area contributed by atoms with Crippen molar-refractivity contribution in [2.45, 2.75) is 25.9 Å². The summed E-state index contributed by atoms with van der Waals surface area (Å²) in [5, 5.41) is 1.19. The average molecular weight is 334 g/mol. The molecule has 106 valence electrons. The minimum absolute atomic E-state index is 0.353. The molecule has 3 rings (SSSR count). The maximum atomic E-state index is 6.10. The predicted molar refractivity (Wildman–Crippen MR) is 86.5 cm³/mol. The SMILES string of the molecule is CC1CN(Cc2ccc(Br)c3cccnc23)CCC1N. The van der Waals surface area contributed by atoms with Crippen molar-refractivity contribution in [3.63, 3.8) is 0 Å². The van der Waals surface area contributed by atoms with Gasteiger partial charge in [0.15, 0.2) is 0 Å². The molecule has 0 bridgehead atoms. The Bertz CT molecular complexity index is 614. The van der Waals surface area contributed by atoms with Gasteiger partial charge in [-0.15, -0.1) is 0 Å². The number of hydrogen-bond acceptors (Lipinski definition) is 3. The number of rotatable bonds is 2. The van der Waals surface area contributed by atoms with Crippen LogP contribution >= 0.6 is 15.9 Å². The normalized spacial score (nSPS) is 24.1. The second-order valence-corrected chi connectivity index (χ2v) is 6.63. The monoisotopic (exact) mass is 333 g/mol. The van der Waals surface area contributed by atoms with Gasteiger partial charge in [-0.2, -0.15) is 0 Å². The van der Waals surface area contributed by atoms with Gasteiger partial charge < -0.3 is 5.73 Å². The zero-order valence-corrected chi connectivity index (χ0v) is 13.3. The molecule has 0 aliphatic carbocycles. The molecular weight excluding hydrogens is 314 g/mol. The standard InChI is InChI=1S/C16H20BrN3/c1-11-9-20(8-6-15(11)18)10-12-4-5-14(17)13-3-2-7-19-16(12)13/h2-5,7,11,15H,6,8-10,18H2,1H3. The van der Waals surface area contributed by atoms with Crippen molar-refractivity contribution < 1.29 is 0 Å². The number of piperidine rings is 1. The molecule has 3 nitrogen and oxygen atoms in total. The van der Waals surface area contributed by atoms with Crippen LogP contribution in [0.15, 0.2) is 34.9 Å². The lowest BCUT2D eigenvalue weighted by Crippen LogP contribution is -2.45. The third kappa shape index (κ3) is 2.73. The number of fused-ring (bicyclic) bond motifs is 1. The van der Waals surface area contributed by atoms with E-state index in [9.17, 15) is 0 Å². The Morgan fingerprint density at radius 3 is 3.05 bits per heavy atom. The number of likely N-dealkylation sites (tertiary alicyclic amines) is 1. The lowest BCUT2D eigenvalue weighted by Gasteiger charge is -2.35. The van der Waals surface area contributed by atoms with Crippen LogP contribution in [0, 0.1) is 5.92 Å². The molecule has 2 aromatic rings. The first-order valence-electron chi connectivity index (χ1n) is 7.15. The molecule has 0 saturated carbocycles. The Labute approximate surface area is 128 Å². The summed E-state index contributed by atoms with van der Waals surface area (Å²) in [5.41, 5.74) is 8.50. The van der Waals surface area contributed by atoms with Crippen molar-refractivity contribution in [3.8, 4) is 0 Å². The number of benzene rings is 1. The lowest BCUT2D eigenvalue weighted by molar-refractivity contribution is 0.158. The van der Waals surface area contributed by atoms with E-state index in [1.54, 1.807) is 0 Å². The van der Waals surface area contributed by atoms with E-state index in [4.69, 9.17) is 5.73 Å². The zero-order valence-electron chi connectivity index (χ0n) is 11.7. The summed E-state index contributed by atoms with van der Waals surface area (Å²) < 4.78 is 1.11. The Kier molecular flexibility index (Phi) is 4.06. The summed E-state index contributed by atoms with van der Waals surface area (Å²) in [6.07, 6.45) is 2.95. The van der Waals surface area contributed by atoms with Crippen LogP contribution in [0.2, 0.25) is 0 Å². The van der Waals surface area contributed by atoms with Crippen LogP contribution in [-0.4, -0.2) is 29.0 Å². The maximum Gasteiger partial charge on any atom is 0.0758 e. The van der Waals surface area contributed by atoms with Gasteiger partial charge in [0.1, 0.15) is 0 Å². The van der Waals surface area contributed by atoms with Crippen molar-refractivity contribution in [3.05, 3.63) is 40.5 Å². The minimum Gasteiger partial charge on any atom is -0.327 e. The summed E-state index contributed by atoms with van der Waals surface area (Å²) >= 11 is 3.60. The van der Waals surface area contributed by atoms with Gasteiger partial charge in [0, 0.05) is 35.2 Å². The van der Waals surface area contributed by atoms with E-state index >= 15 is 0 Å². The molecule has 0 radical (unpaired) electrons. The molecule has 2 heterocycles. The largest absolute Gasteiger partial charge is 0.327 e. The third-order valence-corrected chi connectivity index (χ3v) is 4.94. The number of nitrogens with two attached hydrogens (primary N) is 1. The Hall–Kier alpha value is -0.970. The van der Waals surface area contributed by atoms with Gasteiger partial charge >= 0.3 is 0 Å². The number of hydrogen-bond donors (Lipinski definition) is 1. The summed E-state index contributed by atoms with van der Waals surface area (Å²) in [6, 6.07) is 8.76. The van der Waals surface area contributed by atoms with Crippen molar-refractivity contribution in [1.82, 2.24) is 9.88 Å². The van der Waals surface area contributed by atoms with Crippen LogP contribution < -0.4 is 5.73 Å². The van der Waals surface area contributed by atoms with Gasteiger partial charge in [-0.1, -0.05) is 35.0 Å². The van der Waals surface area contributed by atoms with Gasteiger partial charge in [-0.3, -0.25) is 9.88 Å². The van der Waals surface area contributed by atoms with E-state index in [1.807, 2.05) is 12.3 Å². The second-order valence-electron chi connectivity index (χ2n) is 5.77. The van der Waals surface area contributed by atoms with Crippen LogP contribution in [0.1, 0.15) is 18.9 Å². The fourth-order valence-corrected chi connectivity index (χ4v) is 3.41. The Balaban J connectivity index is 1.86. The molecule has 1 aromatic carbocycles. The second kappa shape index (κ2) is 5.80. The average Bonchev–Trinajstić information content (AvgIpc) is 2.46. The number of pyridine rings is 1. The first kappa shape index (κ1) is 14.0. The van der Waals surface area contributed by atoms with Gasteiger partial charge in [0.25, 0.3) is 0 Å². The third-order valence-electron chi connectivity index (χ3n) is 4.25. The molecule has 1 aromatic heterocycles. The molecule has 1 aliphatic rings. The van der Waals surface area contributed by atoms with Crippen LogP contribution in [0.3, 0.4) is 0 Å². The highest BCUT2D eigenvalue weighted by Gasteiger charge is 2.23. The van der Waals surface area contributed by atoms with Crippen LogP contribution in [0.4, 0.5) is 0 Å². The highest BCUT2D eigenvalue weighted by molar-refractivity contribution is 9.10. The fourth-order valence-electron chi connectivity index (χ4n) is 2.96. The van der Waals surface area contributed by atoms with Gasteiger partial charge in [-0.25, -0.2) is 0 Å². The number of halogens is 1. The minimum atomic E-state index is 0.353. The van der Waals surface area contributed by atoms with Crippen LogP contribution in [0.5, 0.6) is 0 Å². The summed E-state index contributed by atoms with van der Waals surface area (Å²) in [6.45, 7) is 5.36. The van der Waals surface area contributed by atoms with E-state index in [0.29, 0.717) is 12.0 Å². The quantitative estimate of drug-likeness (QED) is 0.917. The zero-order chi connectivity index (χ0) is 14.1. The molecular formula is C16H20BrN3. The van der Waals surface area contributed by atoms with Crippen molar-refractivity contribution in [2.75, 3.05) is 13.1 Å². The van der Waals surface area contributed by atoms with Gasteiger partial charge in [0.2, 0.25) is 0 Å². The van der Waals surface area contributed by atoms with E-state index in [-0.39, 0.29) is 0 Å². The van der Waals surface area contributed by atoms with E-state index < -0.39 is 0 Å². The highest BCUT2D eigenvalue weighted by Crippen LogP contribution is 2.27. The molecule has 20 heavy (non-hydrogen) atoms. The van der Waals surface area contributed by atoms with Crippen molar-refractivity contribution >= 4 is 26.8 Å². The molecule has 2 N–H and O–H groups in total. The van der Waals surface area contributed by atoms with E-state index in [2.05, 4.69) is 50.9 Å². The van der Waals surface area contributed by atoms with E-state index in [1.165, 1.54) is 10.9 Å². The summed E-state index contributed by atoms with van der Waals surface area (Å²) in [7, 11) is 0. The summed E-state index contributed by atoms with van der Waals surface area (Å²) in [4.78, 5) is 7.05. The molecule has 2 atom stereocenters. The topological polar surface area (TPSA) is 42.2 Å². The first-order chi connectivity index (χ1) is 9.65. The first-order valence-corrected chi connectivity index (χ1v) is 7.94. The molecule has 1 aliphatic heterocycles. The van der Waals surface area contributed by atoms with Crippen LogP contribution in [0.25, 0.3) is 10.9 Å². The summed E-state index contributed by atoms with van der Waals surface area (Å²) in [5.74, 6) is 0.568. The lowest BCUT2D eigenvalue weighted by atomic mass is 9.94. The van der Waals surface area contributed by atoms with E-state index in [0.717, 1.165) is 36.0 Å². The Morgan fingerprint density at radius 1 is 1.40 bits per heavy atom. The smallest absolute Gasteiger partial charge is 0.0758 e. The highest BCUT2D eigenvalue weighted by atomic mass is 79.9. The van der Waals surface area contributed by atoms with Gasteiger partial charge in [0.05, 0.1) is 5.52 Å². The molecule has 0 spiro atoms. The van der Waals surface area contributed by atoms with Crippen molar-refractivity contribution in [2.24, 2.45) is 11.7 Å². The van der Waals surface area contributed by atoms with Crippen molar-refractivity contribution in [1.29, 1.82) is 0 Å². The van der Waals surface area contributed by atoms with Crippen LogP contribution in [-0.2, 0) is 6.54 Å². The maximum absolute atomic E-state index is 6.10. The molecule has 4 heteroatoms. The predicted octanol–water partition coefficient (Wildman–Crippen LogP) is 3.17. The molecule has 0 amide bonds. The molecule has 2 unspecified atom stereocenters. The Morgan fingerprint density at radius 2 is 2.25 bits per heavy atom. The molecule has 1 saturated heterocycles.